The fourth-order valence-corrected chi connectivity index (χ4v) is 4.12. The van der Waals surface area contributed by atoms with E-state index in [-0.39, 0.29) is 24.6 Å². The van der Waals surface area contributed by atoms with Crippen LogP contribution >= 0.6 is 11.3 Å². The van der Waals surface area contributed by atoms with E-state index in [1.807, 2.05) is 41.6 Å². The molecule has 0 spiro atoms. The molecule has 3 rings (SSSR count). The van der Waals surface area contributed by atoms with Crippen LogP contribution in [0, 0.1) is 6.92 Å². The molecule has 1 unspecified atom stereocenters. The summed E-state index contributed by atoms with van der Waals surface area (Å²) in [6.07, 6.45) is 1.70. The van der Waals surface area contributed by atoms with E-state index in [2.05, 4.69) is 4.98 Å². The Hall–Kier alpha value is -1.76. The van der Waals surface area contributed by atoms with E-state index in [0.29, 0.717) is 0 Å². The van der Waals surface area contributed by atoms with Crippen LogP contribution in [0.15, 0.2) is 29.8 Å². The minimum atomic E-state index is -0.308. The van der Waals surface area contributed by atoms with E-state index in [1.54, 1.807) is 11.3 Å². The molecule has 122 valence electrons. The second-order valence-corrected chi connectivity index (χ2v) is 6.74. The van der Waals surface area contributed by atoms with Crippen LogP contribution in [0.5, 0.6) is 0 Å². The van der Waals surface area contributed by atoms with Gasteiger partial charge in [-0.3, -0.25) is 9.69 Å². The summed E-state index contributed by atoms with van der Waals surface area (Å²) < 4.78 is 0. The van der Waals surface area contributed by atoms with Gasteiger partial charge in [-0.15, -0.1) is 11.3 Å². The van der Waals surface area contributed by atoms with E-state index >= 15 is 0 Å². The van der Waals surface area contributed by atoms with Gasteiger partial charge in [0.2, 0.25) is 5.91 Å². The maximum absolute atomic E-state index is 11.6. The molecule has 2 atom stereocenters. The first-order valence-electron chi connectivity index (χ1n) is 7.78. The predicted octanol–water partition coefficient (Wildman–Crippen LogP) is 2.10. The van der Waals surface area contributed by atoms with E-state index in [0.717, 1.165) is 41.1 Å². The van der Waals surface area contributed by atoms with E-state index in [1.165, 1.54) is 0 Å². The number of nitrogens with two attached hydrogens (primary N) is 1. The Balaban J connectivity index is 1.85. The van der Waals surface area contributed by atoms with E-state index < -0.39 is 0 Å². The predicted molar refractivity (Wildman–Crippen MR) is 91.0 cm³/mol. The average molecular weight is 331 g/mol. The molecule has 2 aromatic rings. The molecule has 1 amide bonds. The number of primary amides is 1. The van der Waals surface area contributed by atoms with Crippen LogP contribution in [0.1, 0.15) is 30.1 Å². The molecule has 0 radical (unpaired) electrons. The van der Waals surface area contributed by atoms with Crippen LogP contribution in [0.2, 0.25) is 0 Å². The summed E-state index contributed by atoms with van der Waals surface area (Å²) in [4.78, 5) is 19.1. The van der Waals surface area contributed by atoms with Crippen LogP contribution in [0.3, 0.4) is 0 Å². The van der Waals surface area contributed by atoms with Gasteiger partial charge < -0.3 is 10.8 Å². The molecule has 1 aliphatic heterocycles. The van der Waals surface area contributed by atoms with Crippen molar-refractivity contribution in [1.82, 2.24) is 9.88 Å². The van der Waals surface area contributed by atoms with Gasteiger partial charge in [0, 0.05) is 0 Å². The summed E-state index contributed by atoms with van der Waals surface area (Å²) in [6, 6.07) is 7.67. The van der Waals surface area contributed by atoms with Crippen LogP contribution in [0.25, 0.3) is 10.4 Å². The molecule has 1 aromatic heterocycles. The van der Waals surface area contributed by atoms with Gasteiger partial charge in [-0.2, -0.15) is 0 Å². The SMILES string of the molecule is Cc1ncsc1-c1ccc(C(CO)N2CCC[C@@H]2C(N)=O)cc1. The zero-order valence-corrected chi connectivity index (χ0v) is 13.9. The zero-order valence-electron chi connectivity index (χ0n) is 13.1. The molecular formula is C17H21N3O2S. The summed E-state index contributed by atoms with van der Waals surface area (Å²) in [5.74, 6) is -0.308. The first-order valence-corrected chi connectivity index (χ1v) is 8.66. The van der Waals surface area contributed by atoms with Gasteiger partial charge in [0.25, 0.3) is 0 Å². The number of rotatable bonds is 5. The maximum atomic E-state index is 11.6. The number of aromatic nitrogens is 1. The van der Waals surface area contributed by atoms with Gasteiger partial charge in [0.1, 0.15) is 0 Å². The molecule has 0 bridgehead atoms. The van der Waals surface area contributed by atoms with Crippen molar-refractivity contribution >= 4 is 17.2 Å². The Morgan fingerprint density at radius 3 is 2.78 bits per heavy atom. The highest BCUT2D eigenvalue weighted by Crippen LogP contribution is 2.32. The van der Waals surface area contributed by atoms with Crippen molar-refractivity contribution in [1.29, 1.82) is 0 Å². The summed E-state index contributed by atoms with van der Waals surface area (Å²) in [7, 11) is 0. The normalized spacial score (nSPS) is 19.8. The molecule has 23 heavy (non-hydrogen) atoms. The fraction of sp³-hybridized carbons (Fsp3) is 0.412. The first kappa shape index (κ1) is 16.1. The number of nitrogens with zero attached hydrogens (tertiary/aromatic N) is 2. The highest BCUT2D eigenvalue weighted by Gasteiger charge is 2.34. The lowest BCUT2D eigenvalue weighted by Gasteiger charge is -2.30. The van der Waals surface area contributed by atoms with E-state index in [4.69, 9.17) is 5.73 Å². The Labute approximate surface area is 139 Å². The molecule has 1 fully saturated rings. The number of likely N-dealkylation sites (tertiary alicyclic amines) is 1. The molecule has 2 heterocycles. The van der Waals surface area contributed by atoms with Crippen molar-refractivity contribution in [2.24, 2.45) is 5.73 Å². The molecule has 1 aromatic carbocycles. The Morgan fingerprint density at radius 1 is 1.48 bits per heavy atom. The van der Waals surface area contributed by atoms with Crippen LogP contribution in [-0.2, 0) is 4.79 Å². The number of amides is 1. The lowest BCUT2D eigenvalue weighted by molar-refractivity contribution is -0.123. The van der Waals surface area contributed by atoms with Crippen LogP contribution < -0.4 is 5.73 Å². The largest absolute Gasteiger partial charge is 0.394 e. The Bertz CT molecular complexity index is 683. The number of carbonyl (C=O) groups is 1. The fourth-order valence-electron chi connectivity index (χ4n) is 3.30. The Morgan fingerprint density at radius 2 is 2.22 bits per heavy atom. The number of aryl methyl sites for hydroxylation is 1. The standard InChI is InChI=1S/C17H21N3O2S/c1-11-16(23-10-19-11)13-6-4-12(5-7-13)15(9-21)20-8-2-3-14(20)17(18)22/h4-7,10,14-15,21H,2-3,8-9H2,1H3,(H2,18,22)/t14-,15?/m1/s1. The third-order valence-corrected chi connectivity index (χ3v) is 5.48. The van der Waals surface area contributed by atoms with Gasteiger partial charge in [-0.1, -0.05) is 24.3 Å². The summed E-state index contributed by atoms with van der Waals surface area (Å²) in [5.41, 5.74) is 10.5. The molecule has 0 saturated carbocycles. The lowest BCUT2D eigenvalue weighted by Crippen LogP contribution is -2.43. The quantitative estimate of drug-likeness (QED) is 0.879. The van der Waals surface area contributed by atoms with Crippen molar-refractivity contribution in [3.8, 4) is 10.4 Å². The second kappa shape index (κ2) is 6.78. The summed E-state index contributed by atoms with van der Waals surface area (Å²) in [6.45, 7) is 2.76. The van der Waals surface area contributed by atoms with Gasteiger partial charge >= 0.3 is 0 Å². The molecule has 3 N–H and O–H groups in total. The number of hydrogen-bond donors (Lipinski definition) is 2. The number of benzene rings is 1. The van der Waals surface area contributed by atoms with Crippen molar-refractivity contribution < 1.29 is 9.90 Å². The average Bonchev–Trinajstić information content (AvgIpc) is 3.18. The molecule has 0 aliphatic carbocycles. The third kappa shape index (κ3) is 3.15. The molecule has 6 heteroatoms. The monoisotopic (exact) mass is 331 g/mol. The van der Waals surface area contributed by atoms with Gasteiger partial charge in [-0.25, -0.2) is 4.98 Å². The van der Waals surface area contributed by atoms with Gasteiger partial charge in [0.15, 0.2) is 0 Å². The summed E-state index contributed by atoms with van der Waals surface area (Å²) in [5, 5.41) is 9.84. The number of carbonyl (C=O) groups excluding carboxylic acids is 1. The molecule has 1 aliphatic rings. The van der Waals surface area contributed by atoms with E-state index in [9.17, 15) is 9.90 Å². The van der Waals surface area contributed by atoms with Crippen molar-refractivity contribution in [2.75, 3.05) is 13.2 Å². The Kier molecular flexibility index (Phi) is 4.75. The smallest absolute Gasteiger partial charge is 0.234 e. The number of aliphatic hydroxyl groups is 1. The van der Waals surface area contributed by atoms with Crippen LogP contribution in [-0.4, -0.2) is 40.1 Å². The minimum Gasteiger partial charge on any atom is -0.394 e. The number of thiazole rings is 1. The zero-order chi connectivity index (χ0) is 16.4. The molecular weight excluding hydrogens is 310 g/mol. The molecule has 1 saturated heterocycles. The summed E-state index contributed by atoms with van der Waals surface area (Å²) >= 11 is 1.62. The topological polar surface area (TPSA) is 79.5 Å². The highest BCUT2D eigenvalue weighted by atomic mass is 32.1. The lowest BCUT2D eigenvalue weighted by atomic mass is 10.0. The van der Waals surface area contributed by atoms with Crippen molar-refractivity contribution in [2.45, 2.75) is 31.8 Å². The highest BCUT2D eigenvalue weighted by molar-refractivity contribution is 7.13. The molecule has 5 nitrogen and oxygen atoms in total. The van der Waals surface area contributed by atoms with Gasteiger partial charge in [-0.05, 0) is 37.4 Å². The maximum Gasteiger partial charge on any atom is 0.234 e. The van der Waals surface area contributed by atoms with Crippen LogP contribution in [0.4, 0.5) is 0 Å². The second-order valence-electron chi connectivity index (χ2n) is 5.89. The minimum absolute atomic E-state index is 0.0251. The third-order valence-electron chi connectivity index (χ3n) is 4.50. The van der Waals surface area contributed by atoms with Crippen molar-refractivity contribution in [3.05, 3.63) is 41.0 Å². The van der Waals surface area contributed by atoms with Gasteiger partial charge in [0.05, 0.1) is 34.8 Å². The van der Waals surface area contributed by atoms with Crippen molar-refractivity contribution in [3.63, 3.8) is 0 Å². The first-order chi connectivity index (χ1) is 11.1. The number of hydrogen-bond acceptors (Lipinski definition) is 5. The number of aliphatic hydroxyl groups excluding tert-OH is 1.